The minimum absolute atomic E-state index is 0.156. The van der Waals surface area contributed by atoms with Gasteiger partial charge in [-0.2, -0.15) is 0 Å². The van der Waals surface area contributed by atoms with Crippen LogP contribution in [0.25, 0.3) is 6.08 Å². The zero-order chi connectivity index (χ0) is 21.5. The average molecular weight is 412 g/mol. The van der Waals surface area contributed by atoms with E-state index in [9.17, 15) is 19.2 Å². The number of carboxylic acids is 1. The largest absolute Gasteiger partial charge is 0.481 e. The number of hydrogen-bond acceptors (Lipinski definition) is 4. The second-order valence-corrected chi connectivity index (χ2v) is 7.88. The molecule has 30 heavy (non-hydrogen) atoms. The maximum atomic E-state index is 12.8. The van der Waals surface area contributed by atoms with Crippen LogP contribution in [0, 0.1) is 0 Å². The van der Waals surface area contributed by atoms with E-state index in [1.807, 2.05) is 18.2 Å². The van der Waals surface area contributed by atoms with Crippen molar-refractivity contribution in [2.24, 2.45) is 0 Å². The summed E-state index contributed by atoms with van der Waals surface area (Å²) in [6, 6.07) is 5.02. The molecule has 3 rings (SSSR count). The van der Waals surface area contributed by atoms with Crippen molar-refractivity contribution in [3.63, 3.8) is 0 Å². The summed E-state index contributed by atoms with van der Waals surface area (Å²) < 4.78 is 0. The number of nitrogens with zero attached hydrogens (tertiary/aromatic N) is 1. The molecule has 1 atom stereocenters. The summed E-state index contributed by atoms with van der Waals surface area (Å²) in [6.45, 7) is 0.379. The second kappa shape index (κ2) is 10.2. The standard InChI is InChI=1S/C23H28N2O5/c26-20-14-13-19(22(29)24-20)25-15-18-16(10-8-11-17(18)23(25)30)9-6-4-2-1-3-5-7-12-21(27)28/h6,8-11,19H,1-5,7,12-15H2,(H,27,28)(H,24,26,29)/b9-6-. The molecule has 1 unspecified atom stereocenters. The fourth-order valence-electron chi connectivity index (χ4n) is 4.04. The van der Waals surface area contributed by atoms with Crippen LogP contribution in [0.2, 0.25) is 0 Å². The first kappa shape index (κ1) is 21.7. The number of fused-ring (bicyclic) bond motifs is 1. The first-order chi connectivity index (χ1) is 14.5. The van der Waals surface area contributed by atoms with Gasteiger partial charge in [-0.05, 0) is 42.9 Å². The van der Waals surface area contributed by atoms with E-state index >= 15 is 0 Å². The van der Waals surface area contributed by atoms with Gasteiger partial charge in [-0.3, -0.25) is 24.5 Å². The summed E-state index contributed by atoms with van der Waals surface area (Å²) in [5, 5.41) is 11.0. The molecule has 160 valence electrons. The van der Waals surface area contributed by atoms with Crippen LogP contribution < -0.4 is 5.32 Å². The molecule has 2 heterocycles. The van der Waals surface area contributed by atoms with E-state index in [1.54, 1.807) is 11.0 Å². The van der Waals surface area contributed by atoms with Gasteiger partial charge in [0.25, 0.3) is 5.91 Å². The number of piperidine rings is 1. The van der Waals surface area contributed by atoms with E-state index < -0.39 is 17.9 Å². The molecule has 2 N–H and O–H groups in total. The molecular weight excluding hydrogens is 384 g/mol. The number of hydrogen-bond donors (Lipinski definition) is 2. The third-order valence-electron chi connectivity index (χ3n) is 5.68. The molecule has 0 spiro atoms. The Labute approximate surface area is 176 Å². The fraction of sp³-hybridized carbons (Fsp3) is 0.478. The van der Waals surface area contributed by atoms with Crippen molar-refractivity contribution in [2.45, 2.75) is 70.4 Å². The number of allylic oxidation sites excluding steroid dienone is 1. The Hall–Kier alpha value is -2.96. The lowest BCUT2D eigenvalue weighted by Crippen LogP contribution is -2.52. The van der Waals surface area contributed by atoms with Crippen LogP contribution in [0.15, 0.2) is 24.3 Å². The highest BCUT2D eigenvalue weighted by Crippen LogP contribution is 2.30. The van der Waals surface area contributed by atoms with Crippen LogP contribution >= 0.6 is 0 Å². The molecular formula is C23H28N2O5. The zero-order valence-corrected chi connectivity index (χ0v) is 17.1. The van der Waals surface area contributed by atoms with Crippen molar-refractivity contribution >= 4 is 29.8 Å². The lowest BCUT2D eigenvalue weighted by atomic mass is 10.0. The number of rotatable bonds is 10. The van der Waals surface area contributed by atoms with Crippen LogP contribution in [-0.2, 0) is 20.9 Å². The SMILES string of the molecule is O=C(O)CCCCCCC/C=C\c1cccc2c1CN(C1CCC(=O)NC1=O)C2=O. The van der Waals surface area contributed by atoms with Crippen LogP contribution in [0.5, 0.6) is 0 Å². The van der Waals surface area contributed by atoms with Gasteiger partial charge in [0.1, 0.15) is 6.04 Å². The predicted molar refractivity (Wildman–Crippen MR) is 111 cm³/mol. The summed E-state index contributed by atoms with van der Waals surface area (Å²) in [7, 11) is 0. The van der Waals surface area contributed by atoms with E-state index in [0.29, 0.717) is 18.5 Å². The summed E-state index contributed by atoms with van der Waals surface area (Å²) in [6.07, 6.45) is 10.7. The molecule has 1 aromatic rings. The maximum absolute atomic E-state index is 12.8. The van der Waals surface area contributed by atoms with E-state index in [0.717, 1.165) is 49.7 Å². The van der Waals surface area contributed by atoms with Crippen molar-refractivity contribution < 1.29 is 24.3 Å². The highest BCUT2D eigenvalue weighted by molar-refractivity contribution is 6.05. The molecule has 0 saturated carbocycles. The van der Waals surface area contributed by atoms with Crippen LogP contribution in [0.4, 0.5) is 0 Å². The molecule has 2 aliphatic heterocycles. The van der Waals surface area contributed by atoms with E-state index in [4.69, 9.17) is 5.11 Å². The van der Waals surface area contributed by atoms with Gasteiger partial charge in [-0.1, -0.05) is 43.5 Å². The van der Waals surface area contributed by atoms with Gasteiger partial charge in [0, 0.05) is 24.9 Å². The van der Waals surface area contributed by atoms with Gasteiger partial charge < -0.3 is 10.0 Å². The first-order valence-corrected chi connectivity index (χ1v) is 10.6. The molecule has 7 nitrogen and oxygen atoms in total. The second-order valence-electron chi connectivity index (χ2n) is 7.88. The van der Waals surface area contributed by atoms with Crippen molar-refractivity contribution in [1.29, 1.82) is 0 Å². The monoisotopic (exact) mass is 412 g/mol. The Balaban J connectivity index is 1.52. The van der Waals surface area contributed by atoms with E-state index in [1.165, 1.54) is 0 Å². The quantitative estimate of drug-likeness (QED) is 0.453. The molecule has 0 radical (unpaired) electrons. The Morgan fingerprint density at radius 1 is 1.13 bits per heavy atom. The normalized spacial score (nSPS) is 18.7. The lowest BCUT2D eigenvalue weighted by Gasteiger charge is -2.29. The Morgan fingerprint density at radius 2 is 1.90 bits per heavy atom. The molecule has 3 amide bonds. The molecule has 7 heteroatoms. The number of aliphatic carboxylic acids is 1. The van der Waals surface area contributed by atoms with E-state index in [2.05, 4.69) is 11.4 Å². The Morgan fingerprint density at radius 3 is 2.67 bits per heavy atom. The number of unbranched alkanes of at least 4 members (excludes halogenated alkanes) is 5. The molecule has 0 aromatic heterocycles. The topological polar surface area (TPSA) is 104 Å². The van der Waals surface area contributed by atoms with Crippen molar-refractivity contribution in [2.75, 3.05) is 0 Å². The number of nitrogens with one attached hydrogen (secondary N) is 1. The molecule has 1 saturated heterocycles. The van der Waals surface area contributed by atoms with Gasteiger partial charge in [-0.15, -0.1) is 0 Å². The number of amides is 3. The summed E-state index contributed by atoms with van der Waals surface area (Å²) in [4.78, 5) is 48.4. The van der Waals surface area contributed by atoms with Crippen LogP contribution in [0.3, 0.4) is 0 Å². The first-order valence-electron chi connectivity index (χ1n) is 10.6. The number of carbonyl (C=O) groups excluding carboxylic acids is 3. The molecule has 0 bridgehead atoms. The lowest BCUT2D eigenvalue weighted by molar-refractivity contribution is -0.138. The van der Waals surface area contributed by atoms with Crippen molar-refractivity contribution in [1.82, 2.24) is 10.2 Å². The van der Waals surface area contributed by atoms with Gasteiger partial charge >= 0.3 is 5.97 Å². The maximum Gasteiger partial charge on any atom is 0.303 e. The summed E-state index contributed by atoms with van der Waals surface area (Å²) >= 11 is 0. The van der Waals surface area contributed by atoms with Crippen molar-refractivity contribution in [3.05, 3.63) is 41.0 Å². The van der Waals surface area contributed by atoms with Crippen LogP contribution in [-0.4, -0.2) is 39.7 Å². The van der Waals surface area contributed by atoms with Gasteiger partial charge in [0.2, 0.25) is 11.8 Å². The van der Waals surface area contributed by atoms with Gasteiger partial charge in [-0.25, -0.2) is 0 Å². The molecule has 2 aliphatic rings. The minimum Gasteiger partial charge on any atom is -0.481 e. The smallest absolute Gasteiger partial charge is 0.303 e. The van der Waals surface area contributed by atoms with Crippen molar-refractivity contribution in [3.8, 4) is 0 Å². The average Bonchev–Trinajstić information content (AvgIpc) is 3.04. The molecule has 1 aromatic carbocycles. The fourth-order valence-corrected chi connectivity index (χ4v) is 4.04. The van der Waals surface area contributed by atoms with Gasteiger partial charge in [0.15, 0.2) is 0 Å². The Bertz CT molecular complexity index is 861. The summed E-state index contributed by atoms with van der Waals surface area (Å²) in [5.74, 6) is -1.57. The highest BCUT2D eigenvalue weighted by Gasteiger charge is 2.39. The highest BCUT2D eigenvalue weighted by atomic mass is 16.4. The minimum atomic E-state index is -0.733. The predicted octanol–water partition coefficient (Wildman–Crippen LogP) is 3.28. The number of benzene rings is 1. The third-order valence-corrected chi connectivity index (χ3v) is 5.68. The van der Waals surface area contributed by atoms with E-state index in [-0.39, 0.29) is 24.7 Å². The van der Waals surface area contributed by atoms with Gasteiger partial charge in [0.05, 0.1) is 0 Å². The zero-order valence-electron chi connectivity index (χ0n) is 17.1. The molecule has 1 fully saturated rings. The molecule has 0 aliphatic carbocycles. The van der Waals surface area contributed by atoms with Crippen LogP contribution in [0.1, 0.15) is 79.3 Å². The third kappa shape index (κ3) is 5.34. The number of imide groups is 1. The summed E-state index contributed by atoms with van der Waals surface area (Å²) in [5.41, 5.74) is 2.54. The number of carboxylic acid groups (broad SMARTS) is 1. The Kier molecular flexibility index (Phi) is 7.38. The number of carbonyl (C=O) groups is 4.